The molecule has 0 aliphatic carbocycles. The molecule has 1 aromatic carbocycles. The van der Waals surface area contributed by atoms with Gasteiger partial charge in [-0.15, -0.1) is 0 Å². The summed E-state index contributed by atoms with van der Waals surface area (Å²) in [6.07, 6.45) is -0.121. The van der Waals surface area contributed by atoms with Crippen molar-refractivity contribution in [3.8, 4) is 0 Å². The molecular weight excluding hydrogens is 286 g/mol. The third-order valence-electron chi connectivity index (χ3n) is 3.33. The lowest BCUT2D eigenvalue weighted by atomic mass is 9.99. The summed E-state index contributed by atoms with van der Waals surface area (Å²) in [6.45, 7) is 1.82. The maximum Gasteiger partial charge on any atom is 0.305 e. The highest BCUT2D eigenvalue weighted by molar-refractivity contribution is 7.08. The van der Waals surface area contributed by atoms with Gasteiger partial charge in [-0.25, -0.2) is 0 Å². The number of carbonyl (C=O) groups excluding carboxylic acids is 1. The number of carboxylic acids is 1. The Morgan fingerprint density at radius 1 is 1.19 bits per heavy atom. The first-order valence-electron chi connectivity index (χ1n) is 6.67. The first-order chi connectivity index (χ1) is 10.1. The van der Waals surface area contributed by atoms with Crippen molar-refractivity contribution in [2.75, 3.05) is 0 Å². The summed E-state index contributed by atoms with van der Waals surface area (Å²) in [5.74, 6) is -1.42. The Morgan fingerprint density at radius 2 is 1.90 bits per heavy atom. The summed E-state index contributed by atoms with van der Waals surface area (Å²) in [7, 11) is 0. The normalized spacial score (nSPS) is 13.4. The molecule has 2 atom stereocenters. The number of aliphatic carboxylic acids is 1. The lowest BCUT2D eigenvalue weighted by Crippen LogP contribution is -2.33. The van der Waals surface area contributed by atoms with E-state index in [1.54, 1.807) is 0 Å². The van der Waals surface area contributed by atoms with Gasteiger partial charge in [0.1, 0.15) is 0 Å². The average molecular weight is 303 g/mol. The van der Waals surface area contributed by atoms with Gasteiger partial charge in [-0.2, -0.15) is 11.3 Å². The molecule has 0 aliphatic heterocycles. The van der Waals surface area contributed by atoms with E-state index in [0.29, 0.717) is 0 Å². The molecule has 1 amide bonds. The molecule has 0 radical (unpaired) electrons. The summed E-state index contributed by atoms with van der Waals surface area (Å²) in [5.41, 5.74) is 1.74. The summed E-state index contributed by atoms with van der Waals surface area (Å²) < 4.78 is 0. The van der Waals surface area contributed by atoms with E-state index < -0.39 is 12.0 Å². The van der Waals surface area contributed by atoms with Gasteiger partial charge >= 0.3 is 5.97 Å². The van der Waals surface area contributed by atoms with Crippen LogP contribution in [0.5, 0.6) is 0 Å². The maximum absolute atomic E-state index is 12.3. The van der Waals surface area contributed by atoms with Crippen LogP contribution in [0.2, 0.25) is 0 Å². The third kappa shape index (κ3) is 4.16. The smallest absolute Gasteiger partial charge is 0.305 e. The number of rotatable bonds is 6. The minimum Gasteiger partial charge on any atom is -0.481 e. The van der Waals surface area contributed by atoms with Gasteiger partial charge in [0, 0.05) is 0 Å². The molecule has 0 bridgehead atoms. The van der Waals surface area contributed by atoms with Crippen molar-refractivity contribution < 1.29 is 14.7 Å². The zero-order valence-corrected chi connectivity index (χ0v) is 12.5. The van der Waals surface area contributed by atoms with E-state index >= 15 is 0 Å². The number of carbonyl (C=O) groups is 2. The minimum absolute atomic E-state index is 0.121. The van der Waals surface area contributed by atoms with Gasteiger partial charge in [0.25, 0.3) is 0 Å². The lowest BCUT2D eigenvalue weighted by Gasteiger charge is -2.19. The van der Waals surface area contributed by atoms with Crippen molar-refractivity contribution in [2.24, 2.45) is 0 Å². The first kappa shape index (κ1) is 15.3. The zero-order chi connectivity index (χ0) is 15.2. The quantitative estimate of drug-likeness (QED) is 0.861. The number of thiophene rings is 1. The number of hydrogen-bond acceptors (Lipinski definition) is 3. The molecule has 0 saturated carbocycles. The van der Waals surface area contributed by atoms with Gasteiger partial charge < -0.3 is 10.4 Å². The van der Waals surface area contributed by atoms with Gasteiger partial charge in [-0.3, -0.25) is 9.59 Å². The van der Waals surface area contributed by atoms with Gasteiger partial charge in [-0.05, 0) is 34.9 Å². The van der Waals surface area contributed by atoms with Crippen molar-refractivity contribution in [1.82, 2.24) is 5.32 Å². The Kier molecular flexibility index (Phi) is 5.11. The summed E-state index contributed by atoms with van der Waals surface area (Å²) >= 11 is 1.48. The Labute approximate surface area is 127 Å². The second kappa shape index (κ2) is 7.04. The fraction of sp³-hybridized carbons (Fsp3) is 0.250. The van der Waals surface area contributed by atoms with Crippen LogP contribution < -0.4 is 5.32 Å². The van der Waals surface area contributed by atoms with Crippen molar-refractivity contribution >= 4 is 23.2 Å². The van der Waals surface area contributed by atoms with Crippen LogP contribution in [0.3, 0.4) is 0 Å². The van der Waals surface area contributed by atoms with Crippen LogP contribution in [0.25, 0.3) is 0 Å². The van der Waals surface area contributed by atoms with Crippen molar-refractivity contribution in [1.29, 1.82) is 0 Å². The SMILES string of the molecule is CC(C(=O)NC(CC(=O)O)c1ccsc1)c1ccccc1. The van der Waals surface area contributed by atoms with E-state index in [0.717, 1.165) is 11.1 Å². The van der Waals surface area contributed by atoms with Gasteiger partial charge in [0.2, 0.25) is 5.91 Å². The van der Waals surface area contributed by atoms with E-state index in [1.807, 2.05) is 54.1 Å². The Balaban J connectivity index is 2.09. The first-order valence-corrected chi connectivity index (χ1v) is 7.61. The van der Waals surface area contributed by atoms with Crippen LogP contribution >= 0.6 is 11.3 Å². The van der Waals surface area contributed by atoms with E-state index in [2.05, 4.69) is 5.32 Å². The molecule has 0 aliphatic rings. The molecule has 2 unspecified atom stereocenters. The van der Waals surface area contributed by atoms with Crippen molar-refractivity contribution in [3.63, 3.8) is 0 Å². The van der Waals surface area contributed by atoms with Gasteiger partial charge in [0.15, 0.2) is 0 Å². The van der Waals surface area contributed by atoms with Gasteiger partial charge in [-0.1, -0.05) is 30.3 Å². The molecule has 2 rings (SSSR count). The lowest BCUT2D eigenvalue weighted by molar-refractivity contribution is -0.137. The van der Waals surface area contributed by atoms with E-state index in [4.69, 9.17) is 5.11 Å². The highest BCUT2D eigenvalue weighted by Gasteiger charge is 2.22. The van der Waals surface area contributed by atoms with Crippen molar-refractivity contribution in [2.45, 2.75) is 25.3 Å². The molecule has 1 heterocycles. The molecule has 0 saturated heterocycles. The largest absolute Gasteiger partial charge is 0.481 e. The number of hydrogen-bond donors (Lipinski definition) is 2. The standard InChI is InChI=1S/C16H17NO3S/c1-11(12-5-3-2-4-6-12)16(20)17-14(9-15(18)19)13-7-8-21-10-13/h2-8,10-11,14H,9H2,1H3,(H,17,20)(H,18,19). The maximum atomic E-state index is 12.3. The molecule has 4 nitrogen and oxygen atoms in total. The fourth-order valence-electron chi connectivity index (χ4n) is 2.09. The number of nitrogens with one attached hydrogen (secondary N) is 1. The fourth-order valence-corrected chi connectivity index (χ4v) is 2.80. The van der Waals surface area contributed by atoms with Crippen LogP contribution in [0, 0.1) is 0 Å². The summed E-state index contributed by atoms with van der Waals surface area (Å²) in [6, 6.07) is 10.8. The Hall–Kier alpha value is -2.14. The number of carboxylic acid groups (broad SMARTS) is 1. The predicted molar refractivity (Wildman–Crippen MR) is 82.3 cm³/mol. The highest BCUT2D eigenvalue weighted by atomic mass is 32.1. The molecule has 21 heavy (non-hydrogen) atoms. The molecule has 0 fully saturated rings. The summed E-state index contributed by atoms with van der Waals surface area (Å²) in [4.78, 5) is 23.3. The second-order valence-corrected chi connectivity index (χ2v) is 5.63. The van der Waals surface area contributed by atoms with Crippen LogP contribution in [0.1, 0.15) is 36.4 Å². The molecular formula is C16H17NO3S. The minimum atomic E-state index is -0.932. The van der Waals surface area contributed by atoms with Gasteiger partial charge in [0.05, 0.1) is 18.4 Å². The molecule has 110 valence electrons. The van der Waals surface area contributed by atoms with Crippen LogP contribution in [0.15, 0.2) is 47.2 Å². The Morgan fingerprint density at radius 3 is 2.48 bits per heavy atom. The van der Waals surface area contributed by atoms with E-state index in [9.17, 15) is 9.59 Å². The zero-order valence-electron chi connectivity index (χ0n) is 11.7. The molecule has 2 N–H and O–H groups in total. The second-order valence-electron chi connectivity index (χ2n) is 4.85. The van der Waals surface area contributed by atoms with Crippen LogP contribution in [0.4, 0.5) is 0 Å². The van der Waals surface area contributed by atoms with E-state index in [1.165, 1.54) is 11.3 Å². The predicted octanol–water partition coefficient (Wildman–Crippen LogP) is 3.18. The molecule has 0 spiro atoms. The van der Waals surface area contributed by atoms with Crippen molar-refractivity contribution in [3.05, 3.63) is 58.3 Å². The highest BCUT2D eigenvalue weighted by Crippen LogP contribution is 2.22. The topological polar surface area (TPSA) is 66.4 Å². The molecule has 1 aromatic heterocycles. The third-order valence-corrected chi connectivity index (χ3v) is 4.04. The number of benzene rings is 1. The van der Waals surface area contributed by atoms with Crippen LogP contribution in [-0.4, -0.2) is 17.0 Å². The van der Waals surface area contributed by atoms with E-state index in [-0.39, 0.29) is 18.2 Å². The Bertz CT molecular complexity index is 595. The summed E-state index contributed by atoms with van der Waals surface area (Å²) in [5, 5.41) is 15.6. The average Bonchev–Trinajstić information content (AvgIpc) is 3.00. The molecule has 5 heteroatoms. The molecule has 2 aromatic rings. The number of amides is 1. The monoisotopic (exact) mass is 303 g/mol. The van der Waals surface area contributed by atoms with Crippen LogP contribution in [-0.2, 0) is 9.59 Å².